The van der Waals surface area contributed by atoms with Crippen molar-refractivity contribution in [3.8, 4) is 11.3 Å². The van der Waals surface area contributed by atoms with E-state index in [0.29, 0.717) is 6.54 Å². The maximum atomic E-state index is 11.9. The van der Waals surface area contributed by atoms with Gasteiger partial charge in [0.1, 0.15) is 0 Å². The first kappa shape index (κ1) is 19.0. The Hall–Kier alpha value is -2.73. The number of carbonyl (C=O) groups is 1. The van der Waals surface area contributed by atoms with Gasteiger partial charge in [-0.3, -0.25) is 4.79 Å². The van der Waals surface area contributed by atoms with Crippen molar-refractivity contribution in [2.24, 2.45) is 0 Å². The Bertz CT molecular complexity index is 918. The lowest BCUT2D eigenvalue weighted by Crippen LogP contribution is -2.27. The molecule has 6 heteroatoms. The van der Waals surface area contributed by atoms with E-state index in [1.54, 1.807) is 11.8 Å². The molecule has 0 saturated heterocycles. The van der Waals surface area contributed by atoms with Gasteiger partial charge in [0.25, 0.3) is 0 Å². The Morgan fingerprint density at radius 3 is 2.85 bits per heavy atom. The van der Waals surface area contributed by atoms with Crippen molar-refractivity contribution in [3.63, 3.8) is 0 Å². The third-order valence-corrected chi connectivity index (χ3v) is 4.65. The molecule has 27 heavy (non-hydrogen) atoms. The van der Waals surface area contributed by atoms with Gasteiger partial charge in [0.15, 0.2) is 5.65 Å². The van der Waals surface area contributed by atoms with Crippen LogP contribution in [0.15, 0.2) is 42.7 Å². The summed E-state index contributed by atoms with van der Waals surface area (Å²) in [5.74, 6) is 0.0362. The Kier molecular flexibility index (Phi) is 6.19. The molecule has 3 rings (SSSR count). The summed E-state index contributed by atoms with van der Waals surface area (Å²) in [5, 5.41) is 8.00. The molecule has 2 heterocycles. The number of benzene rings is 1. The zero-order valence-electron chi connectivity index (χ0n) is 16.3. The van der Waals surface area contributed by atoms with Crippen molar-refractivity contribution in [2.75, 3.05) is 18.0 Å². The van der Waals surface area contributed by atoms with Crippen LogP contribution in [0.4, 0.5) is 5.69 Å². The minimum atomic E-state index is 0.0362. The third kappa shape index (κ3) is 4.17. The molecule has 1 amide bonds. The van der Waals surface area contributed by atoms with Crippen LogP contribution in [0.1, 0.15) is 39.2 Å². The van der Waals surface area contributed by atoms with E-state index in [4.69, 9.17) is 0 Å². The lowest BCUT2D eigenvalue weighted by molar-refractivity contribution is -0.116. The van der Waals surface area contributed by atoms with Crippen LogP contribution >= 0.6 is 0 Å². The summed E-state index contributed by atoms with van der Waals surface area (Å²) >= 11 is 0. The molecule has 0 spiro atoms. The molecule has 0 aliphatic rings. The molecule has 1 aromatic carbocycles. The van der Waals surface area contributed by atoms with Crippen LogP contribution < -0.4 is 10.2 Å². The molecular weight excluding hydrogens is 338 g/mol. The van der Waals surface area contributed by atoms with Gasteiger partial charge in [-0.1, -0.05) is 25.5 Å². The van der Waals surface area contributed by atoms with Crippen molar-refractivity contribution in [2.45, 2.75) is 40.2 Å². The summed E-state index contributed by atoms with van der Waals surface area (Å²) in [6.45, 7) is 8.14. The minimum Gasteiger partial charge on any atom is -0.313 e. The molecule has 0 fully saturated rings. The van der Waals surface area contributed by atoms with Crippen LogP contribution in [0.5, 0.6) is 0 Å². The average molecular weight is 365 g/mol. The highest BCUT2D eigenvalue weighted by molar-refractivity contribution is 5.92. The fourth-order valence-electron chi connectivity index (χ4n) is 3.23. The number of hydrogen-bond acceptors (Lipinski definition) is 4. The van der Waals surface area contributed by atoms with Crippen LogP contribution in [0, 0.1) is 0 Å². The second-order valence-corrected chi connectivity index (χ2v) is 6.58. The van der Waals surface area contributed by atoms with Crippen molar-refractivity contribution in [1.29, 1.82) is 0 Å². The summed E-state index contributed by atoms with van der Waals surface area (Å²) in [6.07, 6.45) is 6.03. The summed E-state index contributed by atoms with van der Waals surface area (Å²) in [4.78, 5) is 18.2. The van der Waals surface area contributed by atoms with Crippen LogP contribution in [0.3, 0.4) is 0 Å². The summed E-state index contributed by atoms with van der Waals surface area (Å²) < 4.78 is 1.88. The maximum Gasteiger partial charge on any atom is 0.223 e. The average Bonchev–Trinajstić information content (AvgIpc) is 3.09. The Labute approximate surface area is 160 Å². The van der Waals surface area contributed by atoms with E-state index in [9.17, 15) is 4.79 Å². The number of nitrogens with zero attached hydrogens (tertiary/aromatic N) is 4. The molecule has 0 atom stereocenters. The topological polar surface area (TPSA) is 62.5 Å². The highest BCUT2D eigenvalue weighted by atomic mass is 16.2. The molecule has 0 bridgehead atoms. The van der Waals surface area contributed by atoms with E-state index in [1.165, 1.54) is 6.42 Å². The zero-order chi connectivity index (χ0) is 19.2. The van der Waals surface area contributed by atoms with Gasteiger partial charge in [0, 0.05) is 43.0 Å². The van der Waals surface area contributed by atoms with Gasteiger partial charge < -0.3 is 10.2 Å². The smallest absolute Gasteiger partial charge is 0.223 e. The number of amides is 1. The van der Waals surface area contributed by atoms with Crippen LogP contribution in [0.2, 0.25) is 0 Å². The van der Waals surface area contributed by atoms with E-state index in [1.807, 2.05) is 54.2 Å². The van der Waals surface area contributed by atoms with Crippen molar-refractivity contribution >= 4 is 17.2 Å². The van der Waals surface area contributed by atoms with Gasteiger partial charge in [0.05, 0.1) is 11.9 Å². The van der Waals surface area contributed by atoms with Crippen molar-refractivity contribution < 1.29 is 4.79 Å². The van der Waals surface area contributed by atoms with Gasteiger partial charge in [-0.15, -0.1) is 0 Å². The fourth-order valence-corrected chi connectivity index (χ4v) is 3.23. The molecule has 0 aliphatic carbocycles. The molecule has 0 aliphatic heterocycles. The lowest BCUT2D eigenvalue weighted by Gasteiger charge is -2.19. The lowest BCUT2D eigenvalue weighted by atomic mass is 10.1. The minimum absolute atomic E-state index is 0.0362. The fraction of sp³-hybridized carbons (Fsp3) is 0.381. The number of fused-ring (bicyclic) bond motifs is 1. The number of unbranched alkanes of at least 4 members (excludes halogenated alkanes) is 1. The second-order valence-electron chi connectivity index (χ2n) is 6.58. The maximum absolute atomic E-state index is 11.9. The molecule has 0 radical (unpaired) electrons. The summed E-state index contributed by atoms with van der Waals surface area (Å²) in [7, 11) is 0. The van der Waals surface area contributed by atoms with Crippen molar-refractivity contribution in [1.82, 2.24) is 19.9 Å². The van der Waals surface area contributed by atoms with E-state index in [-0.39, 0.29) is 5.91 Å². The largest absolute Gasteiger partial charge is 0.313 e. The first-order chi connectivity index (χ1) is 13.2. The highest BCUT2D eigenvalue weighted by Gasteiger charge is 2.13. The number of carbonyl (C=O) groups excluding carboxylic acids is 1. The molecule has 142 valence electrons. The standard InChI is InChI=1S/C21H27N5O/c1-4-6-11-22-14-18-15-24-26-20(10-12-23-21(18)26)17-8-7-9-19(13-17)25(5-2)16(3)27/h7-10,12-13,15,22H,4-6,11,14H2,1-3H3. The predicted octanol–water partition coefficient (Wildman–Crippen LogP) is 3.66. The van der Waals surface area contributed by atoms with Gasteiger partial charge in [-0.05, 0) is 38.1 Å². The van der Waals surface area contributed by atoms with E-state index in [2.05, 4.69) is 22.3 Å². The molecular formula is C21H27N5O. The molecule has 1 N–H and O–H groups in total. The van der Waals surface area contributed by atoms with Crippen LogP contribution in [-0.2, 0) is 11.3 Å². The van der Waals surface area contributed by atoms with Crippen LogP contribution in [0.25, 0.3) is 16.9 Å². The Balaban J connectivity index is 1.93. The molecule has 3 aromatic rings. The van der Waals surface area contributed by atoms with Gasteiger partial charge in [0.2, 0.25) is 5.91 Å². The zero-order valence-corrected chi connectivity index (χ0v) is 16.3. The second kappa shape index (κ2) is 8.77. The van der Waals surface area contributed by atoms with E-state index in [0.717, 1.165) is 47.7 Å². The third-order valence-electron chi connectivity index (χ3n) is 4.65. The van der Waals surface area contributed by atoms with Gasteiger partial charge in [-0.2, -0.15) is 5.10 Å². The summed E-state index contributed by atoms with van der Waals surface area (Å²) in [6, 6.07) is 9.95. The molecule has 6 nitrogen and oxygen atoms in total. The Morgan fingerprint density at radius 2 is 2.11 bits per heavy atom. The monoisotopic (exact) mass is 365 g/mol. The molecule has 0 saturated carbocycles. The van der Waals surface area contributed by atoms with E-state index < -0.39 is 0 Å². The number of anilines is 1. The Morgan fingerprint density at radius 1 is 1.26 bits per heavy atom. The normalized spacial score (nSPS) is 11.1. The first-order valence-electron chi connectivity index (χ1n) is 9.56. The molecule has 2 aromatic heterocycles. The quantitative estimate of drug-likeness (QED) is 0.619. The van der Waals surface area contributed by atoms with Crippen molar-refractivity contribution in [3.05, 3.63) is 48.3 Å². The molecule has 0 unspecified atom stereocenters. The first-order valence-corrected chi connectivity index (χ1v) is 9.56. The number of rotatable bonds is 8. The number of hydrogen-bond donors (Lipinski definition) is 1. The van der Waals surface area contributed by atoms with E-state index >= 15 is 0 Å². The SMILES string of the molecule is CCCCNCc1cnn2c(-c3cccc(N(CC)C(C)=O)c3)ccnc12. The predicted molar refractivity (Wildman–Crippen MR) is 109 cm³/mol. The number of aromatic nitrogens is 3. The highest BCUT2D eigenvalue weighted by Crippen LogP contribution is 2.25. The number of nitrogens with one attached hydrogen (secondary N) is 1. The van der Waals surface area contributed by atoms with Crippen LogP contribution in [-0.4, -0.2) is 33.6 Å². The summed E-state index contributed by atoms with van der Waals surface area (Å²) in [5.41, 5.74) is 4.80. The van der Waals surface area contributed by atoms with Gasteiger partial charge in [-0.25, -0.2) is 9.50 Å². The van der Waals surface area contributed by atoms with Gasteiger partial charge >= 0.3 is 0 Å².